The summed E-state index contributed by atoms with van der Waals surface area (Å²) in [5.74, 6) is 0. The van der Waals surface area contributed by atoms with Crippen LogP contribution in [0.3, 0.4) is 0 Å². The number of hydrogen-bond acceptors (Lipinski definition) is 2. The van der Waals surface area contributed by atoms with Gasteiger partial charge < -0.3 is 0 Å². The Bertz CT molecular complexity index is 661. The van der Waals surface area contributed by atoms with Crippen LogP contribution in [0.15, 0.2) is 30.8 Å². The summed E-state index contributed by atoms with van der Waals surface area (Å²) in [6, 6.07) is 7.79. The number of hydrogen-bond donors (Lipinski definition) is 1. The molecule has 0 aliphatic rings. The molecule has 0 bridgehead atoms. The van der Waals surface area contributed by atoms with Crippen molar-refractivity contribution in [1.82, 2.24) is 0 Å². The Balaban J connectivity index is 2.98. The summed E-state index contributed by atoms with van der Waals surface area (Å²) in [5.41, 5.74) is 1.97. The lowest BCUT2D eigenvalue weighted by Gasteiger charge is -2.29. The fourth-order valence-corrected chi connectivity index (χ4v) is 10.1. The van der Waals surface area contributed by atoms with Crippen LogP contribution in [0.5, 0.6) is 0 Å². The molecule has 1 unspecified atom stereocenters. The van der Waals surface area contributed by atoms with Gasteiger partial charge in [-0.3, -0.25) is 4.55 Å². The van der Waals surface area contributed by atoms with E-state index < -0.39 is 22.6 Å². The van der Waals surface area contributed by atoms with E-state index >= 15 is 0 Å². The van der Waals surface area contributed by atoms with Gasteiger partial charge in [0.1, 0.15) is 0 Å². The minimum atomic E-state index is -4.07. The van der Waals surface area contributed by atoms with E-state index in [2.05, 4.69) is 27.4 Å². The first-order chi connectivity index (χ1) is 13.8. The molecule has 166 valence electrons. The van der Waals surface area contributed by atoms with Crippen molar-refractivity contribution in [3.05, 3.63) is 42.0 Å². The number of benzene rings is 1. The molecule has 3 nitrogen and oxygen atoms in total. The highest BCUT2D eigenvalue weighted by atomic mass is 32.2. The van der Waals surface area contributed by atoms with Crippen LogP contribution >= 0.6 is 7.26 Å². The van der Waals surface area contributed by atoms with E-state index in [0.717, 1.165) is 17.3 Å². The third-order valence-corrected chi connectivity index (χ3v) is 12.2. The molecule has 0 aliphatic carbocycles. The summed E-state index contributed by atoms with van der Waals surface area (Å²) in [4.78, 5) is 0. The molecule has 1 rings (SSSR count). The SMILES string of the molecule is C=Cc1ccc(CC(CC[P+](CCCC)(CCCC)CCCC)S(=O)(=O)O)cc1. The molecule has 0 aromatic heterocycles. The standard InChI is InChI=1S/C24H41O3PS/c1-5-9-17-28(18-10-6-2,19-11-7-3)20-16-24(29(25,26)27)21-23-14-12-22(8-4)13-15-23/h8,12-15,24H,4-7,9-11,16-21H2,1-3H3/p+1. The molecule has 0 spiro atoms. The lowest BCUT2D eigenvalue weighted by atomic mass is 10.1. The maximum Gasteiger partial charge on any atom is 0.268 e. The van der Waals surface area contributed by atoms with Gasteiger partial charge in [-0.15, -0.1) is 0 Å². The average Bonchev–Trinajstić information content (AvgIpc) is 2.71. The molecule has 1 aromatic carbocycles. The van der Waals surface area contributed by atoms with Crippen molar-refractivity contribution in [2.45, 2.75) is 77.4 Å². The van der Waals surface area contributed by atoms with Crippen molar-refractivity contribution in [3.63, 3.8) is 0 Å². The maximum absolute atomic E-state index is 12.2. The van der Waals surface area contributed by atoms with Crippen LogP contribution in [0.2, 0.25) is 0 Å². The Morgan fingerprint density at radius 2 is 1.41 bits per heavy atom. The van der Waals surface area contributed by atoms with Gasteiger partial charge in [0.2, 0.25) is 0 Å². The van der Waals surface area contributed by atoms with Gasteiger partial charge in [0.05, 0.1) is 29.9 Å². The highest BCUT2D eigenvalue weighted by Crippen LogP contribution is 2.61. The molecule has 0 heterocycles. The van der Waals surface area contributed by atoms with Crippen LogP contribution < -0.4 is 0 Å². The predicted molar refractivity (Wildman–Crippen MR) is 131 cm³/mol. The second-order valence-electron chi connectivity index (χ2n) is 8.37. The fraction of sp³-hybridized carbons (Fsp3) is 0.667. The van der Waals surface area contributed by atoms with Crippen LogP contribution in [0.1, 0.15) is 76.8 Å². The van der Waals surface area contributed by atoms with Gasteiger partial charge in [-0.1, -0.05) is 77.0 Å². The van der Waals surface area contributed by atoms with E-state index in [-0.39, 0.29) is 0 Å². The molecule has 0 aliphatic heterocycles. The van der Waals surface area contributed by atoms with E-state index in [0.29, 0.717) is 12.8 Å². The molecular formula is C24H42O3PS+. The predicted octanol–water partition coefficient (Wildman–Crippen LogP) is 6.94. The van der Waals surface area contributed by atoms with Gasteiger partial charge in [0.15, 0.2) is 0 Å². The highest BCUT2D eigenvalue weighted by molar-refractivity contribution is 7.86. The number of unbranched alkanes of at least 4 members (excludes halogenated alkanes) is 3. The van der Waals surface area contributed by atoms with Crippen molar-refractivity contribution in [1.29, 1.82) is 0 Å². The normalized spacial score (nSPS) is 13.4. The molecule has 5 heteroatoms. The minimum Gasteiger partial charge on any atom is -0.285 e. The molecular weight excluding hydrogens is 399 g/mol. The van der Waals surface area contributed by atoms with Crippen LogP contribution in [0.25, 0.3) is 6.08 Å². The zero-order chi connectivity index (χ0) is 21.8. The molecule has 0 amide bonds. The Morgan fingerprint density at radius 3 is 1.79 bits per heavy atom. The molecule has 1 aromatic rings. The van der Waals surface area contributed by atoms with Gasteiger partial charge >= 0.3 is 0 Å². The molecule has 0 saturated heterocycles. The Labute approximate surface area is 180 Å². The summed E-state index contributed by atoms with van der Waals surface area (Å²) in [5, 5.41) is -0.707. The van der Waals surface area contributed by atoms with Crippen molar-refractivity contribution in [3.8, 4) is 0 Å². The highest BCUT2D eigenvalue weighted by Gasteiger charge is 2.37. The van der Waals surface area contributed by atoms with E-state index in [9.17, 15) is 13.0 Å². The first-order valence-corrected chi connectivity index (χ1v) is 15.4. The molecule has 1 N–H and O–H groups in total. The van der Waals surface area contributed by atoms with Crippen molar-refractivity contribution in [2.24, 2.45) is 0 Å². The van der Waals surface area contributed by atoms with Crippen LogP contribution in [-0.4, -0.2) is 42.9 Å². The molecule has 0 radical (unpaired) electrons. The molecule has 29 heavy (non-hydrogen) atoms. The summed E-state index contributed by atoms with van der Waals surface area (Å²) >= 11 is 0. The lowest BCUT2D eigenvalue weighted by Crippen LogP contribution is -2.26. The van der Waals surface area contributed by atoms with Gasteiger partial charge in [0, 0.05) is 13.7 Å². The average molecular weight is 442 g/mol. The van der Waals surface area contributed by atoms with Gasteiger partial charge in [0.25, 0.3) is 10.1 Å². The van der Waals surface area contributed by atoms with Crippen molar-refractivity contribution >= 4 is 23.5 Å². The summed E-state index contributed by atoms with van der Waals surface area (Å²) in [6.45, 7) is 10.5. The second-order valence-corrected chi connectivity index (χ2v) is 14.5. The van der Waals surface area contributed by atoms with Crippen molar-refractivity contribution < 1.29 is 13.0 Å². The van der Waals surface area contributed by atoms with Gasteiger partial charge in [-0.25, -0.2) is 0 Å². The largest absolute Gasteiger partial charge is 0.285 e. The topological polar surface area (TPSA) is 54.4 Å². The maximum atomic E-state index is 12.2. The van der Waals surface area contributed by atoms with Crippen LogP contribution in [0, 0.1) is 0 Å². The second kappa shape index (κ2) is 13.6. The van der Waals surface area contributed by atoms with Gasteiger partial charge in [-0.2, -0.15) is 8.42 Å². The summed E-state index contributed by atoms with van der Waals surface area (Å²) in [7, 11) is -5.24. The van der Waals surface area contributed by atoms with Crippen LogP contribution in [-0.2, 0) is 16.5 Å². The summed E-state index contributed by atoms with van der Waals surface area (Å²) in [6.07, 6.45) is 14.8. The summed E-state index contributed by atoms with van der Waals surface area (Å²) < 4.78 is 34.3. The third-order valence-electron chi connectivity index (χ3n) is 5.98. The van der Waals surface area contributed by atoms with Gasteiger partial charge in [-0.05, 0) is 36.8 Å². The Morgan fingerprint density at radius 1 is 0.931 bits per heavy atom. The van der Waals surface area contributed by atoms with E-state index in [4.69, 9.17) is 0 Å². The Hall–Kier alpha value is -0.700. The molecule has 1 atom stereocenters. The fourth-order valence-electron chi connectivity index (χ4n) is 3.98. The first-order valence-electron chi connectivity index (χ1n) is 11.3. The van der Waals surface area contributed by atoms with E-state index in [1.54, 1.807) is 6.08 Å². The monoisotopic (exact) mass is 441 g/mol. The van der Waals surface area contributed by atoms with Crippen LogP contribution in [0.4, 0.5) is 0 Å². The van der Waals surface area contributed by atoms with E-state index in [1.807, 2.05) is 24.3 Å². The lowest BCUT2D eigenvalue weighted by molar-refractivity contribution is 0.463. The zero-order valence-electron chi connectivity index (χ0n) is 18.8. The Kier molecular flexibility index (Phi) is 12.3. The number of rotatable bonds is 16. The van der Waals surface area contributed by atoms with E-state index in [1.165, 1.54) is 57.0 Å². The third kappa shape index (κ3) is 9.77. The smallest absolute Gasteiger partial charge is 0.268 e. The minimum absolute atomic E-state index is 0.381. The first kappa shape index (κ1) is 26.3. The molecule has 0 fully saturated rings. The van der Waals surface area contributed by atoms with Crippen molar-refractivity contribution in [2.75, 3.05) is 24.6 Å². The quantitative estimate of drug-likeness (QED) is 0.223. The zero-order valence-corrected chi connectivity index (χ0v) is 20.5. The molecule has 0 saturated carbocycles.